The molecule has 178 valence electrons. The van der Waals surface area contributed by atoms with Gasteiger partial charge in [0.05, 0.1) is 12.9 Å². The van der Waals surface area contributed by atoms with Gasteiger partial charge < -0.3 is 31.8 Å². The first kappa shape index (κ1) is 25.5. The number of nitrogens with zero attached hydrogens (tertiary/aromatic N) is 1. The van der Waals surface area contributed by atoms with Gasteiger partial charge in [-0.25, -0.2) is 9.78 Å². The van der Waals surface area contributed by atoms with Gasteiger partial charge in [-0.3, -0.25) is 14.4 Å². The van der Waals surface area contributed by atoms with Gasteiger partial charge >= 0.3 is 5.97 Å². The highest BCUT2D eigenvalue weighted by Crippen LogP contribution is 2.08. The van der Waals surface area contributed by atoms with Crippen LogP contribution in [0.25, 0.3) is 0 Å². The van der Waals surface area contributed by atoms with Crippen molar-refractivity contribution in [1.29, 1.82) is 0 Å². The number of aromatic nitrogens is 2. The van der Waals surface area contributed by atoms with Gasteiger partial charge in [0, 0.05) is 24.7 Å². The number of carbonyl (C=O) groups is 4. The molecule has 33 heavy (non-hydrogen) atoms. The number of rotatable bonds is 12. The van der Waals surface area contributed by atoms with Crippen molar-refractivity contribution < 1.29 is 24.3 Å². The second kappa shape index (κ2) is 12.3. The van der Waals surface area contributed by atoms with E-state index in [0.717, 1.165) is 5.56 Å². The average molecular weight is 459 g/mol. The highest BCUT2D eigenvalue weighted by atomic mass is 16.4. The molecular weight excluding hydrogens is 428 g/mol. The molecular formula is C22H30N6O5. The summed E-state index contributed by atoms with van der Waals surface area (Å²) in [5, 5.41) is 17.1. The van der Waals surface area contributed by atoms with Crippen LogP contribution in [0, 0.1) is 5.92 Å². The van der Waals surface area contributed by atoms with E-state index < -0.39 is 41.8 Å². The van der Waals surface area contributed by atoms with E-state index in [1.807, 2.05) is 6.07 Å². The molecule has 0 saturated heterocycles. The number of aliphatic carboxylic acids is 1. The lowest BCUT2D eigenvalue weighted by Crippen LogP contribution is -2.57. The Morgan fingerprint density at radius 3 is 2.18 bits per heavy atom. The molecule has 2 aromatic rings. The minimum atomic E-state index is -1.17. The number of imidazole rings is 1. The first-order valence-corrected chi connectivity index (χ1v) is 10.6. The third kappa shape index (κ3) is 8.04. The van der Waals surface area contributed by atoms with Crippen molar-refractivity contribution in [3.8, 4) is 0 Å². The molecule has 11 heteroatoms. The van der Waals surface area contributed by atoms with Gasteiger partial charge in [-0.05, 0) is 11.5 Å². The van der Waals surface area contributed by atoms with E-state index >= 15 is 0 Å². The van der Waals surface area contributed by atoms with Gasteiger partial charge in [-0.1, -0.05) is 44.2 Å². The van der Waals surface area contributed by atoms with Crippen molar-refractivity contribution in [2.24, 2.45) is 11.7 Å². The number of nitrogens with two attached hydrogens (primary N) is 1. The summed E-state index contributed by atoms with van der Waals surface area (Å²) in [6, 6.07) is 5.78. The SMILES string of the molecule is CC(C)C(NC(=O)C(Cc1ccccc1)NC(=O)C(Cc1cnc[nH]1)NC(=O)CN)C(=O)O. The number of hydrogen-bond donors (Lipinski definition) is 6. The van der Waals surface area contributed by atoms with Gasteiger partial charge in [-0.15, -0.1) is 0 Å². The summed E-state index contributed by atoms with van der Waals surface area (Å²) in [7, 11) is 0. The monoisotopic (exact) mass is 458 g/mol. The second-order valence-electron chi connectivity index (χ2n) is 7.92. The maximum Gasteiger partial charge on any atom is 0.326 e. The molecule has 1 aromatic heterocycles. The lowest BCUT2D eigenvalue weighted by molar-refractivity contribution is -0.143. The largest absolute Gasteiger partial charge is 0.480 e. The number of nitrogens with one attached hydrogen (secondary N) is 4. The van der Waals surface area contributed by atoms with Crippen molar-refractivity contribution in [2.75, 3.05) is 6.54 Å². The van der Waals surface area contributed by atoms with E-state index in [4.69, 9.17) is 5.73 Å². The van der Waals surface area contributed by atoms with Gasteiger partial charge in [0.2, 0.25) is 17.7 Å². The van der Waals surface area contributed by atoms with E-state index in [2.05, 4.69) is 25.9 Å². The molecule has 0 spiro atoms. The van der Waals surface area contributed by atoms with Gasteiger partial charge in [0.15, 0.2) is 0 Å². The van der Waals surface area contributed by atoms with Crippen molar-refractivity contribution in [2.45, 2.75) is 44.8 Å². The van der Waals surface area contributed by atoms with Crippen LogP contribution in [0.15, 0.2) is 42.9 Å². The summed E-state index contributed by atoms with van der Waals surface area (Å²) in [6.45, 7) is 3.04. The van der Waals surface area contributed by atoms with Gasteiger partial charge in [0.1, 0.15) is 18.1 Å². The van der Waals surface area contributed by atoms with Crippen LogP contribution < -0.4 is 21.7 Å². The van der Waals surface area contributed by atoms with E-state index in [-0.39, 0.29) is 25.3 Å². The van der Waals surface area contributed by atoms with Crippen molar-refractivity contribution in [1.82, 2.24) is 25.9 Å². The Bertz CT molecular complexity index is 932. The van der Waals surface area contributed by atoms with E-state index in [9.17, 15) is 24.3 Å². The number of hydrogen-bond acceptors (Lipinski definition) is 6. The first-order valence-electron chi connectivity index (χ1n) is 10.6. The lowest BCUT2D eigenvalue weighted by Gasteiger charge is -2.25. The molecule has 11 nitrogen and oxygen atoms in total. The average Bonchev–Trinajstić information content (AvgIpc) is 3.29. The molecule has 0 aliphatic carbocycles. The predicted octanol–water partition coefficient (Wildman–Crippen LogP) is -0.651. The van der Waals surface area contributed by atoms with Crippen LogP contribution in [0.5, 0.6) is 0 Å². The third-order valence-corrected chi connectivity index (χ3v) is 4.96. The molecule has 2 rings (SSSR count). The molecule has 0 bridgehead atoms. The predicted molar refractivity (Wildman–Crippen MR) is 120 cm³/mol. The molecule has 0 fully saturated rings. The van der Waals surface area contributed by atoms with Crippen LogP contribution in [0.1, 0.15) is 25.1 Å². The summed E-state index contributed by atoms with van der Waals surface area (Å²) in [4.78, 5) is 56.3. The Balaban J connectivity index is 2.24. The van der Waals surface area contributed by atoms with Crippen LogP contribution >= 0.6 is 0 Å². The third-order valence-electron chi connectivity index (χ3n) is 4.96. The highest BCUT2D eigenvalue weighted by molar-refractivity contribution is 5.93. The standard InChI is InChI=1S/C22H30N6O5/c1-13(2)19(22(32)33)28-21(31)16(8-14-6-4-3-5-7-14)27-20(30)17(26-18(29)10-23)9-15-11-24-12-25-15/h3-7,11-13,16-17,19H,8-10,23H2,1-2H3,(H,24,25)(H,26,29)(H,27,30)(H,28,31)(H,32,33). The molecule has 0 radical (unpaired) electrons. The van der Waals surface area contributed by atoms with Crippen LogP contribution in [0.4, 0.5) is 0 Å². The topological polar surface area (TPSA) is 179 Å². The van der Waals surface area contributed by atoms with Crippen LogP contribution in [-0.4, -0.2) is 63.4 Å². The van der Waals surface area contributed by atoms with Gasteiger partial charge in [-0.2, -0.15) is 0 Å². The Morgan fingerprint density at radius 2 is 1.64 bits per heavy atom. The fraction of sp³-hybridized carbons (Fsp3) is 0.409. The minimum Gasteiger partial charge on any atom is -0.480 e. The van der Waals surface area contributed by atoms with Crippen LogP contribution in [-0.2, 0) is 32.0 Å². The summed E-state index contributed by atoms with van der Waals surface area (Å²) in [5.41, 5.74) is 6.74. The first-order chi connectivity index (χ1) is 15.7. The van der Waals surface area contributed by atoms with Gasteiger partial charge in [0.25, 0.3) is 0 Å². The number of aromatic amines is 1. The lowest BCUT2D eigenvalue weighted by atomic mass is 10.0. The fourth-order valence-corrected chi connectivity index (χ4v) is 3.18. The maximum atomic E-state index is 13.1. The number of carbonyl (C=O) groups excluding carboxylic acids is 3. The molecule has 0 aliphatic heterocycles. The molecule has 3 amide bonds. The molecule has 7 N–H and O–H groups in total. The molecule has 0 saturated carbocycles. The summed E-state index contributed by atoms with van der Waals surface area (Å²) in [6.07, 6.45) is 3.19. The van der Waals surface area contributed by atoms with Crippen molar-refractivity contribution in [3.63, 3.8) is 0 Å². The number of H-pyrrole nitrogens is 1. The maximum absolute atomic E-state index is 13.1. The molecule has 1 aromatic carbocycles. The summed E-state index contributed by atoms with van der Waals surface area (Å²) in [5.74, 6) is -3.32. The molecule has 0 aliphatic rings. The zero-order chi connectivity index (χ0) is 24.4. The van der Waals surface area contributed by atoms with Crippen LogP contribution in [0.2, 0.25) is 0 Å². The Hall–Kier alpha value is -3.73. The fourth-order valence-electron chi connectivity index (χ4n) is 3.18. The second-order valence-corrected chi connectivity index (χ2v) is 7.92. The van der Waals surface area contributed by atoms with Crippen LogP contribution in [0.3, 0.4) is 0 Å². The van der Waals surface area contributed by atoms with Crippen molar-refractivity contribution >= 4 is 23.7 Å². The number of benzene rings is 1. The molecule has 3 atom stereocenters. The molecule has 3 unspecified atom stereocenters. The summed E-state index contributed by atoms with van der Waals surface area (Å²) >= 11 is 0. The number of carboxylic acid groups (broad SMARTS) is 1. The van der Waals surface area contributed by atoms with E-state index in [0.29, 0.717) is 5.69 Å². The quantitative estimate of drug-likeness (QED) is 0.244. The smallest absolute Gasteiger partial charge is 0.326 e. The van der Waals surface area contributed by atoms with E-state index in [1.165, 1.54) is 12.5 Å². The Morgan fingerprint density at radius 1 is 1.00 bits per heavy atom. The van der Waals surface area contributed by atoms with Crippen molar-refractivity contribution in [3.05, 3.63) is 54.1 Å². The zero-order valence-electron chi connectivity index (χ0n) is 18.6. The minimum absolute atomic E-state index is 0.0982. The number of amides is 3. The number of carboxylic acids is 1. The summed E-state index contributed by atoms with van der Waals surface area (Å²) < 4.78 is 0. The Labute approximate surface area is 191 Å². The van der Waals surface area contributed by atoms with E-state index in [1.54, 1.807) is 38.1 Å². The highest BCUT2D eigenvalue weighted by Gasteiger charge is 2.31. The Kier molecular flexibility index (Phi) is 9.55. The normalized spacial score (nSPS) is 13.6. The zero-order valence-corrected chi connectivity index (χ0v) is 18.6. The molecule has 1 heterocycles.